The van der Waals surface area contributed by atoms with Gasteiger partial charge in [-0.25, -0.2) is 4.79 Å². The zero-order valence-electron chi connectivity index (χ0n) is 17.2. The highest BCUT2D eigenvalue weighted by atomic mass is 19.4. The highest BCUT2D eigenvalue weighted by molar-refractivity contribution is 6.04. The quantitative estimate of drug-likeness (QED) is 0.394. The number of hydrogen-bond acceptors (Lipinski definition) is 6. The third-order valence-electron chi connectivity index (χ3n) is 4.83. The summed E-state index contributed by atoms with van der Waals surface area (Å²) in [6.07, 6.45) is -2.43. The summed E-state index contributed by atoms with van der Waals surface area (Å²) in [5.74, 6) is -1.27. The van der Waals surface area contributed by atoms with Crippen LogP contribution < -0.4 is 9.80 Å². The average Bonchev–Trinajstić information content (AvgIpc) is 3.02. The minimum Gasteiger partial charge on any atom is -0.454 e. The Kier molecular flexibility index (Phi) is 6.35. The van der Waals surface area contributed by atoms with Crippen LogP contribution in [0.4, 0.5) is 24.5 Å². The minimum atomic E-state index is -4.50. The van der Waals surface area contributed by atoms with Crippen molar-refractivity contribution in [1.29, 1.82) is 5.26 Å². The molecular formula is C23H18F3N3O3. The van der Waals surface area contributed by atoms with E-state index in [4.69, 9.17) is 4.74 Å². The van der Waals surface area contributed by atoms with Gasteiger partial charge < -0.3 is 14.5 Å². The topological polar surface area (TPSA) is 73.6 Å². The summed E-state index contributed by atoms with van der Waals surface area (Å²) in [7, 11) is 3.43. The molecule has 0 fully saturated rings. The van der Waals surface area contributed by atoms with Crippen molar-refractivity contribution in [2.45, 2.75) is 6.18 Å². The number of para-hydroxylation sites is 2. The molecule has 0 amide bonds. The first-order chi connectivity index (χ1) is 15.1. The average molecular weight is 441 g/mol. The number of alkyl halides is 3. The van der Waals surface area contributed by atoms with Gasteiger partial charge in [0.15, 0.2) is 6.61 Å². The SMILES string of the molecule is CN1C(=C(C#N)C(=O)COC(=O)/C=C/c2cccc(C(F)(F)F)c2)N(C)c2ccccc21. The van der Waals surface area contributed by atoms with E-state index >= 15 is 0 Å². The van der Waals surface area contributed by atoms with Crippen molar-refractivity contribution in [2.75, 3.05) is 30.5 Å². The number of carbonyl (C=O) groups excluding carboxylic acids is 2. The van der Waals surface area contributed by atoms with Crippen LogP contribution in [0.2, 0.25) is 0 Å². The fraction of sp³-hybridized carbons (Fsp3) is 0.174. The molecule has 0 spiro atoms. The lowest BCUT2D eigenvalue weighted by Gasteiger charge is -2.19. The van der Waals surface area contributed by atoms with Crippen molar-refractivity contribution in [3.05, 3.63) is 77.1 Å². The minimum absolute atomic E-state index is 0.148. The number of fused-ring (bicyclic) bond motifs is 1. The number of ketones is 1. The summed E-state index contributed by atoms with van der Waals surface area (Å²) in [5.41, 5.74) is 0.744. The monoisotopic (exact) mass is 441 g/mol. The molecule has 9 heteroatoms. The Morgan fingerprint density at radius 1 is 1.06 bits per heavy atom. The van der Waals surface area contributed by atoms with E-state index in [0.29, 0.717) is 5.82 Å². The van der Waals surface area contributed by atoms with Crippen LogP contribution in [0.15, 0.2) is 66.0 Å². The Labute approximate surface area is 182 Å². The van der Waals surface area contributed by atoms with E-state index in [-0.39, 0.29) is 11.1 Å². The number of ether oxygens (including phenoxy) is 1. The highest BCUT2D eigenvalue weighted by Gasteiger charge is 2.32. The van der Waals surface area contributed by atoms with Crippen molar-refractivity contribution in [3.63, 3.8) is 0 Å². The van der Waals surface area contributed by atoms with Gasteiger partial charge in [0, 0.05) is 20.2 Å². The Morgan fingerprint density at radius 3 is 2.25 bits per heavy atom. The van der Waals surface area contributed by atoms with Gasteiger partial charge in [0.1, 0.15) is 17.5 Å². The van der Waals surface area contributed by atoms with E-state index in [9.17, 15) is 28.0 Å². The van der Waals surface area contributed by atoms with Gasteiger partial charge in [-0.1, -0.05) is 24.3 Å². The van der Waals surface area contributed by atoms with Crippen LogP contribution in [0.3, 0.4) is 0 Å². The first-order valence-electron chi connectivity index (χ1n) is 9.39. The zero-order valence-corrected chi connectivity index (χ0v) is 17.2. The van der Waals surface area contributed by atoms with Crippen molar-refractivity contribution >= 4 is 29.2 Å². The number of halogens is 3. The van der Waals surface area contributed by atoms with Gasteiger partial charge in [0.05, 0.1) is 16.9 Å². The predicted molar refractivity (Wildman–Crippen MR) is 112 cm³/mol. The van der Waals surface area contributed by atoms with E-state index < -0.39 is 30.1 Å². The molecule has 0 unspecified atom stereocenters. The molecule has 2 aromatic carbocycles. The Morgan fingerprint density at radius 2 is 1.69 bits per heavy atom. The third kappa shape index (κ3) is 4.64. The first-order valence-corrected chi connectivity index (χ1v) is 9.39. The van der Waals surface area contributed by atoms with E-state index in [1.165, 1.54) is 12.1 Å². The fourth-order valence-corrected chi connectivity index (χ4v) is 3.30. The predicted octanol–water partition coefficient (Wildman–Crippen LogP) is 4.15. The summed E-state index contributed by atoms with van der Waals surface area (Å²) in [5, 5.41) is 9.55. The smallest absolute Gasteiger partial charge is 0.416 e. The second kappa shape index (κ2) is 8.98. The molecule has 1 aliphatic heterocycles. The second-order valence-electron chi connectivity index (χ2n) is 6.90. The summed E-state index contributed by atoms with van der Waals surface area (Å²) >= 11 is 0. The molecule has 32 heavy (non-hydrogen) atoms. The van der Waals surface area contributed by atoms with Crippen LogP contribution >= 0.6 is 0 Å². The number of hydrogen-bond donors (Lipinski definition) is 0. The van der Waals surface area contributed by atoms with Crippen LogP contribution in [0, 0.1) is 11.3 Å². The number of benzene rings is 2. The number of rotatable bonds is 5. The molecule has 1 heterocycles. The molecule has 3 rings (SSSR count). The zero-order chi connectivity index (χ0) is 23.5. The number of carbonyl (C=O) groups is 2. The number of nitrogens with zero attached hydrogens (tertiary/aromatic N) is 3. The van der Waals surface area contributed by atoms with Gasteiger partial charge in [-0.3, -0.25) is 4.79 Å². The van der Waals surface area contributed by atoms with Gasteiger partial charge in [-0.2, -0.15) is 18.4 Å². The lowest BCUT2D eigenvalue weighted by molar-refractivity contribution is -0.141. The molecule has 2 aromatic rings. The summed E-state index contributed by atoms with van der Waals surface area (Å²) in [6.45, 7) is -0.684. The number of Topliss-reactive ketones (excluding diaryl/α,β-unsaturated/α-hetero) is 1. The van der Waals surface area contributed by atoms with E-state index in [1.807, 2.05) is 30.3 Å². The molecule has 0 saturated carbocycles. The lowest BCUT2D eigenvalue weighted by atomic mass is 10.1. The number of anilines is 2. The maximum Gasteiger partial charge on any atom is 0.416 e. The van der Waals surface area contributed by atoms with Crippen molar-refractivity contribution in [1.82, 2.24) is 0 Å². The normalized spacial score (nSPS) is 13.2. The van der Waals surface area contributed by atoms with Crippen LogP contribution in [-0.4, -0.2) is 32.5 Å². The van der Waals surface area contributed by atoms with Gasteiger partial charge >= 0.3 is 12.1 Å². The molecule has 0 bridgehead atoms. The molecule has 0 N–H and O–H groups in total. The van der Waals surface area contributed by atoms with E-state index in [0.717, 1.165) is 35.7 Å². The summed E-state index contributed by atoms with van der Waals surface area (Å²) in [6, 6.07) is 13.6. The lowest BCUT2D eigenvalue weighted by Crippen LogP contribution is -2.27. The Balaban J connectivity index is 1.69. The Hall–Kier alpha value is -4.06. The molecule has 164 valence electrons. The highest BCUT2D eigenvalue weighted by Crippen LogP contribution is 2.40. The van der Waals surface area contributed by atoms with Crippen LogP contribution in [0.25, 0.3) is 6.08 Å². The molecule has 0 saturated heterocycles. The maximum atomic E-state index is 12.8. The van der Waals surface area contributed by atoms with Crippen LogP contribution in [0.5, 0.6) is 0 Å². The summed E-state index contributed by atoms with van der Waals surface area (Å²) < 4.78 is 43.2. The molecule has 0 aliphatic carbocycles. The Bertz CT molecular complexity index is 1130. The second-order valence-corrected chi connectivity index (χ2v) is 6.90. The van der Waals surface area contributed by atoms with E-state index in [1.54, 1.807) is 23.9 Å². The van der Waals surface area contributed by atoms with Gasteiger partial charge in [-0.05, 0) is 35.9 Å². The first kappa shape index (κ1) is 22.6. The van der Waals surface area contributed by atoms with Gasteiger partial charge in [0.25, 0.3) is 0 Å². The molecule has 0 atom stereocenters. The van der Waals surface area contributed by atoms with Crippen molar-refractivity contribution in [3.8, 4) is 6.07 Å². The number of nitriles is 1. The standard InChI is InChI=1S/C23H18F3N3O3/c1-28-18-8-3-4-9-19(18)29(2)22(28)17(13-27)20(30)14-32-21(31)11-10-15-6-5-7-16(12-15)23(24,25)26/h3-12H,14H2,1-2H3/b11-10+. The fourth-order valence-electron chi connectivity index (χ4n) is 3.30. The van der Waals surface area contributed by atoms with Gasteiger partial charge in [-0.15, -0.1) is 0 Å². The van der Waals surface area contributed by atoms with Crippen LogP contribution in [0.1, 0.15) is 11.1 Å². The maximum absolute atomic E-state index is 12.8. The van der Waals surface area contributed by atoms with E-state index in [2.05, 4.69) is 0 Å². The van der Waals surface area contributed by atoms with Crippen LogP contribution in [-0.2, 0) is 20.5 Å². The van der Waals surface area contributed by atoms with Gasteiger partial charge in [0.2, 0.25) is 5.78 Å². The van der Waals surface area contributed by atoms with Crippen molar-refractivity contribution < 1.29 is 27.5 Å². The largest absolute Gasteiger partial charge is 0.454 e. The molecule has 0 radical (unpaired) electrons. The van der Waals surface area contributed by atoms with Crippen molar-refractivity contribution in [2.24, 2.45) is 0 Å². The summed E-state index contributed by atoms with van der Waals surface area (Å²) in [4.78, 5) is 27.9. The molecule has 1 aliphatic rings. The molecular weight excluding hydrogens is 423 g/mol. The molecule has 0 aromatic heterocycles. The number of esters is 1. The third-order valence-corrected chi connectivity index (χ3v) is 4.83. The molecule has 6 nitrogen and oxygen atoms in total.